The third kappa shape index (κ3) is 1.62. The van der Waals surface area contributed by atoms with Crippen molar-refractivity contribution in [3.05, 3.63) is 29.6 Å². The summed E-state index contributed by atoms with van der Waals surface area (Å²) in [6, 6.07) is 3.94. The lowest BCUT2D eigenvalue weighted by Gasteiger charge is -2.06. The standard InChI is InChI=1S/C11H13NO2/c1-2-14-11(13)9-6-8-4-3-5-12-10(8)7-9/h3-5,9H,2,6-7H2,1H3/t9-/m0/s1. The quantitative estimate of drug-likeness (QED) is 0.662. The summed E-state index contributed by atoms with van der Waals surface area (Å²) in [4.78, 5) is 15.7. The predicted octanol–water partition coefficient (Wildman–Crippen LogP) is 1.36. The van der Waals surface area contributed by atoms with E-state index in [1.807, 2.05) is 19.1 Å². The third-order valence-electron chi connectivity index (χ3n) is 2.51. The second-order valence-electron chi connectivity index (χ2n) is 3.47. The molecule has 1 atom stereocenters. The van der Waals surface area contributed by atoms with Crippen molar-refractivity contribution >= 4 is 5.97 Å². The maximum absolute atomic E-state index is 11.5. The van der Waals surface area contributed by atoms with Crippen LogP contribution in [0.15, 0.2) is 18.3 Å². The second-order valence-corrected chi connectivity index (χ2v) is 3.47. The average molecular weight is 191 g/mol. The zero-order chi connectivity index (χ0) is 9.97. The molecule has 1 heterocycles. The summed E-state index contributed by atoms with van der Waals surface area (Å²) in [5.41, 5.74) is 2.23. The smallest absolute Gasteiger partial charge is 0.309 e. The second kappa shape index (κ2) is 3.78. The molecule has 0 aliphatic heterocycles. The highest BCUT2D eigenvalue weighted by Gasteiger charge is 2.28. The Hall–Kier alpha value is -1.38. The molecule has 3 nitrogen and oxygen atoms in total. The van der Waals surface area contributed by atoms with Crippen molar-refractivity contribution in [2.24, 2.45) is 5.92 Å². The van der Waals surface area contributed by atoms with Crippen LogP contribution in [0.25, 0.3) is 0 Å². The number of pyridine rings is 1. The SMILES string of the molecule is CCOC(=O)[C@H]1Cc2cccnc2C1. The molecule has 0 aromatic carbocycles. The number of hydrogen-bond donors (Lipinski definition) is 0. The number of esters is 1. The van der Waals surface area contributed by atoms with Crippen LogP contribution in [0.3, 0.4) is 0 Å². The Balaban J connectivity index is 2.08. The highest BCUT2D eigenvalue weighted by atomic mass is 16.5. The van der Waals surface area contributed by atoms with Gasteiger partial charge in [-0.05, 0) is 25.0 Å². The molecule has 0 spiro atoms. The van der Waals surface area contributed by atoms with E-state index in [9.17, 15) is 4.79 Å². The van der Waals surface area contributed by atoms with Crippen LogP contribution in [0.5, 0.6) is 0 Å². The van der Waals surface area contributed by atoms with E-state index in [4.69, 9.17) is 4.74 Å². The Morgan fingerprint density at radius 2 is 2.50 bits per heavy atom. The predicted molar refractivity (Wildman–Crippen MR) is 51.8 cm³/mol. The molecule has 74 valence electrons. The van der Waals surface area contributed by atoms with Crippen LogP contribution >= 0.6 is 0 Å². The molecular weight excluding hydrogens is 178 g/mol. The van der Waals surface area contributed by atoms with Gasteiger partial charge in [0.15, 0.2) is 0 Å². The van der Waals surface area contributed by atoms with E-state index in [1.165, 1.54) is 5.56 Å². The number of fused-ring (bicyclic) bond motifs is 1. The largest absolute Gasteiger partial charge is 0.466 e. The third-order valence-corrected chi connectivity index (χ3v) is 2.51. The summed E-state index contributed by atoms with van der Waals surface area (Å²) in [6.45, 7) is 2.29. The van der Waals surface area contributed by atoms with E-state index in [-0.39, 0.29) is 11.9 Å². The molecule has 0 saturated carbocycles. The normalized spacial score (nSPS) is 19.1. The van der Waals surface area contributed by atoms with Crippen LogP contribution in [0.1, 0.15) is 18.2 Å². The molecule has 3 heteroatoms. The summed E-state index contributed by atoms with van der Waals surface area (Å²) in [5, 5.41) is 0. The summed E-state index contributed by atoms with van der Waals surface area (Å²) in [5.74, 6) is -0.106. The van der Waals surface area contributed by atoms with Gasteiger partial charge in [-0.2, -0.15) is 0 Å². The van der Waals surface area contributed by atoms with Crippen molar-refractivity contribution in [2.75, 3.05) is 6.61 Å². The lowest BCUT2D eigenvalue weighted by Crippen LogP contribution is -2.17. The van der Waals surface area contributed by atoms with Gasteiger partial charge in [0, 0.05) is 18.3 Å². The van der Waals surface area contributed by atoms with Crippen LogP contribution in [-0.4, -0.2) is 17.6 Å². The fraction of sp³-hybridized carbons (Fsp3) is 0.455. The van der Waals surface area contributed by atoms with Crippen LogP contribution < -0.4 is 0 Å². The van der Waals surface area contributed by atoms with E-state index in [1.54, 1.807) is 6.20 Å². The monoisotopic (exact) mass is 191 g/mol. The minimum absolute atomic E-state index is 0.0140. The van der Waals surface area contributed by atoms with E-state index in [0.717, 1.165) is 18.5 Å². The van der Waals surface area contributed by atoms with Crippen LogP contribution in [-0.2, 0) is 22.4 Å². The Morgan fingerprint density at radius 1 is 1.64 bits per heavy atom. The average Bonchev–Trinajstić information content (AvgIpc) is 2.61. The molecule has 0 amide bonds. The summed E-state index contributed by atoms with van der Waals surface area (Å²) >= 11 is 0. The minimum Gasteiger partial charge on any atom is -0.466 e. The van der Waals surface area contributed by atoms with Gasteiger partial charge < -0.3 is 4.74 Å². The number of hydrogen-bond acceptors (Lipinski definition) is 3. The summed E-state index contributed by atoms with van der Waals surface area (Å²) < 4.78 is 4.99. The first-order valence-corrected chi connectivity index (χ1v) is 4.90. The van der Waals surface area contributed by atoms with Crippen molar-refractivity contribution in [1.29, 1.82) is 0 Å². The van der Waals surface area contributed by atoms with Gasteiger partial charge in [0.05, 0.1) is 12.5 Å². The molecule has 14 heavy (non-hydrogen) atoms. The Morgan fingerprint density at radius 3 is 3.21 bits per heavy atom. The van der Waals surface area contributed by atoms with Crippen molar-refractivity contribution < 1.29 is 9.53 Å². The molecule has 0 unspecified atom stereocenters. The van der Waals surface area contributed by atoms with Gasteiger partial charge >= 0.3 is 5.97 Å². The Bertz CT molecular complexity index is 324. The van der Waals surface area contributed by atoms with E-state index in [2.05, 4.69) is 4.98 Å². The first-order valence-electron chi connectivity index (χ1n) is 4.90. The minimum atomic E-state index is -0.0921. The van der Waals surface area contributed by atoms with Crippen molar-refractivity contribution in [2.45, 2.75) is 19.8 Å². The molecule has 1 aromatic rings. The number of carbonyl (C=O) groups is 1. The highest BCUT2D eigenvalue weighted by Crippen LogP contribution is 2.25. The molecular formula is C11H13NO2. The van der Waals surface area contributed by atoms with Gasteiger partial charge in [-0.15, -0.1) is 0 Å². The molecule has 2 rings (SSSR count). The number of aromatic nitrogens is 1. The fourth-order valence-electron chi connectivity index (χ4n) is 1.84. The van der Waals surface area contributed by atoms with Gasteiger partial charge in [-0.1, -0.05) is 6.07 Å². The highest BCUT2D eigenvalue weighted by molar-refractivity contribution is 5.74. The van der Waals surface area contributed by atoms with E-state index >= 15 is 0 Å². The molecule has 0 saturated heterocycles. The van der Waals surface area contributed by atoms with Gasteiger partial charge in [0.2, 0.25) is 0 Å². The summed E-state index contributed by atoms with van der Waals surface area (Å²) in [6.07, 6.45) is 3.28. The Kier molecular flexibility index (Phi) is 2.48. The van der Waals surface area contributed by atoms with E-state index in [0.29, 0.717) is 6.61 Å². The maximum atomic E-state index is 11.5. The zero-order valence-corrected chi connectivity index (χ0v) is 8.19. The Labute approximate surface area is 83.1 Å². The number of ether oxygens (including phenoxy) is 1. The molecule has 1 aromatic heterocycles. The van der Waals surface area contributed by atoms with Gasteiger partial charge in [-0.25, -0.2) is 0 Å². The fourth-order valence-corrected chi connectivity index (χ4v) is 1.84. The lowest BCUT2D eigenvalue weighted by atomic mass is 10.1. The van der Waals surface area contributed by atoms with E-state index < -0.39 is 0 Å². The summed E-state index contributed by atoms with van der Waals surface area (Å²) in [7, 11) is 0. The number of nitrogens with zero attached hydrogens (tertiary/aromatic N) is 1. The van der Waals surface area contributed by atoms with Crippen LogP contribution in [0, 0.1) is 5.92 Å². The van der Waals surface area contributed by atoms with Crippen LogP contribution in [0.2, 0.25) is 0 Å². The van der Waals surface area contributed by atoms with Gasteiger partial charge in [-0.3, -0.25) is 9.78 Å². The maximum Gasteiger partial charge on any atom is 0.309 e. The molecule has 0 radical (unpaired) electrons. The van der Waals surface area contributed by atoms with Gasteiger partial charge in [0.1, 0.15) is 0 Å². The number of carbonyl (C=O) groups excluding carboxylic acids is 1. The van der Waals surface area contributed by atoms with Crippen molar-refractivity contribution in [3.8, 4) is 0 Å². The first kappa shape index (κ1) is 9.19. The topological polar surface area (TPSA) is 39.2 Å². The zero-order valence-electron chi connectivity index (χ0n) is 8.19. The van der Waals surface area contributed by atoms with Crippen molar-refractivity contribution in [1.82, 2.24) is 4.98 Å². The molecule has 1 aliphatic carbocycles. The van der Waals surface area contributed by atoms with Gasteiger partial charge in [0.25, 0.3) is 0 Å². The molecule has 0 bridgehead atoms. The molecule has 0 fully saturated rings. The van der Waals surface area contributed by atoms with Crippen molar-refractivity contribution in [3.63, 3.8) is 0 Å². The lowest BCUT2D eigenvalue weighted by molar-refractivity contribution is -0.147. The molecule has 0 N–H and O–H groups in total. The number of rotatable bonds is 2. The molecule has 1 aliphatic rings. The first-order chi connectivity index (χ1) is 6.81. The van der Waals surface area contributed by atoms with Crippen LogP contribution in [0.4, 0.5) is 0 Å².